The number of carbonyl (C=O) groups excluding carboxylic acids is 5. The third kappa shape index (κ3) is 16.7. The summed E-state index contributed by atoms with van der Waals surface area (Å²) in [6.45, 7) is 12.0. The molecule has 2 atom stereocenters. The van der Waals surface area contributed by atoms with Crippen LogP contribution in [0, 0.1) is 17.3 Å². The highest BCUT2D eigenvalue weighted by molar-refractivity contribution is 9.12. The van der Waals surface area contributed by atoms with Gasteiger partial charge in [-0.25, -0.2) is 0 Å². The zero-order chi connectivity index (χ0) is 30.0. The number of hydrogen-bond acceptors (Lipinski definition) is 7. The lowest BCUT2D eigenvalue weighted by molar-refractivity contribution is -0.191. The van der Waals surface area contributed by atoms with Gasteiger partial charge in [0.05, 0.1) is 16.8 Å². The van der Waals surface area contributed by atoms with Gasteiger partial charge in [0.2, 0.25) is 5.91 Å². The van der Waals surface area contributed by atoms with E-state index in [1.165, 1.54) is 13.2 Å². The molecule has 218 valence electrons. The Morgan fingerprint density at radius 1 is 1.13 bits per heavy atom. The number of allylic oxidation sites excluding steroid dienone is 1. The number of nitrogens with one attached hydrogen (secondary N) is 2. The van der Waals surface area contributed by atoms with Crippen molar-refractivity contribution in [1.82, 2.24) is 5.32 Å². The standard InChI is InChI=1S/C28H43BrN2O5.CO2/c1-19(15-20(2)28(3,4)5)16-21-11-12-25(33)24(17-21)31-26(34)10-8-7-9-22(32)18-23(29)27(35)30-13-14-36-6;2-1-3/h11-12,17-20,33H,7-10,13-16H2,1-6H3,(H,30,35)(H,31,34);/b23-18+;/t19-,20?;/m1./s1. The van der Waals surface area contributed by atoms with Crippen LogP contribution in [-0.4, -0.2) is 49.1 Å². The molecule has 1 aromatic rings. The van der Waals surface area contributed by atoms with Gasteiger partial charge in [-0.15, -0.1) is 0 Å². The Morgan fingerprint density at radius 2 is 1.74 bits per heavy atom. The van der Waals surface area contributed by atoms with Crippen molar-refractivity contribution < 1.29 is 33.8 Å². The summed E-state index contributed by atoms with van der Waals surface area (Å²) < 4.78 is 5.03. The number of phenolic OH excluding ortho intramolecular Hbond substituents is 1. The van der Waals surface area contributed by atoms with E-state index in [-0.39, 0.29) is 52.2 Å². The Bertz CT molecular complexity index is 996. The molecule has 1 aromatic carbocycles. The van der Waals surface area contributed by atoms with Gasteiger partial charge in [-0.2, -0.15) is 9.59 Å². The van der Waals surface area contributed by atoms with Gasteiger partial charge in [0.25, 0.3) is 5.91 Å². The van der Waals surface area contributed by atoms with Crippen molar-refractivity contribution in [1.29, 1.82) is 0 Å². The van der Waals surface area contributed by atoms with Gasteiger partial charge in [0.15, 0.2) is 5.78 Å². The van der Waals surface area contributed by atoms with E-state index in [0.717, 1.165) is 18.4 Å². The number of methoxy groups -OCH3 is 1. The Morgan fingerprint density at radius 3 is 2.33 bits per heavy atom. The number of rotatable bonds is 15. The fraction of sp³-hybridized carbons (Fsp3) is 0.586. The minimum absolute atomic E-state index is 0.0387. The summed E-state index contributed by atoms with van der Waals surface area (Å²) in [5.74, 6) is 0.334. The average Bonchev–Trinajstić information content (AvgIpc) is 2.83. The zero-order valence-corrected chi connectivity index (χ0v) is 25.5. The van der Waals surface area contributed by atoms with E-state index >= 15 is 0 Å². The number of ketones is 1. The lowest BCUT2D eigenvalue weighted by Crippen LogP contribution is -2.27. The smallest absolute Gasteiger partial charge is 0.373 e. The van der Waals surface area contributed by atoms with Crippen LogP contribution in [0.15, 0.2) is 28.8 Å². The van der Waals surface area contributed by atoms with Crippen LogP contribution < -0.4 is 10.6 Å². The third-order valence-electron chi connectivity index (χ3n) is 6.33. The van der Waals surface area contributed by atoms with E-state index in [1.807, 2.05) is 12.1 Å². The highest BCUT2D eigenvalue weighted by Gasteiger charge is 2.22. The first-order valence-electron chi connectivity index (χ1n) is 13.0. The summed E-state index contributed by atoms with van der Waals surface area (Å²) in [5, 5.41) is 15.6. The molecule has 0 aliphatic heterocycles. The maximum Gasteiger partial charge on any atom is 0.373 e. The highest BCUT2D eigenvalue weighted by atomic mass is 79.9. The van der Waals surface area contributed by atoms with E-state index in [4.69, 9.17) is 14.3 Å². The van der Waals surface area contributed by atoms with E-state index < -0.39 is 0 Å². The number of halogens is 1. The number of aromatic hydroxyl groups is 1. The van der Waals surface area contributed by atoms with Crippen LogP contribution >= 0.6 is 15.9 Å². The van der Waals surface area contributed by atoms with Gasteiger partial charge in [0.1, 0.15) is 5.75 Å². The molecule has 1 rings (SSSR count). The molecule has 10 heteroatoms. The molecule has 0 aliphatic carbocycles. The van der Waals surface area contributed by atoms with E-state index in [0.29, 0.717) is 43.5 Å². The Labute approximate surface area is 240 Å². The fourth-order valence-electron chi connectivity index (χ4n) is 3.68. The van der Waals surface area contributed by atoms with Crippen LogP contribution in [0.25, 0.3) is 0 Å². The summed E-state index contributed by atoms with van der Waals surface area (Å²) >= 11 is 3.11. The minimum Gasteiger partial charge on any atom is -0.506 e. The molecule has 0 aromatic heterocycles. The van der Waals surface area contributed by atoms with Gasteiger partial charge in [0, 0.05) is 32.6 Å². The number of carbonyl (C=O) groups is 3. The average molecular weight is 612 g/mol. The van der Waals surface area contributed by atoms with E-state index in [2.05, 4.69) is 61.2 Å². The number of benzene rings is 1. The Hall–Kier alpha value is -2.81. The summed E-state index contributed by atoms with van der Waals surface area (Å²) in [6, 6.07) is 5.37. The summed E-state index contributed by atoms with van der Waals surface area (Å²) in [6.07, 6.45) is 5.00. The summed E-state index contributed by atoms with van der Waals surface area (Å²) in [4.78, 5) is 52.6. The van der Waals surface area contributed by atoms with Crippen LogP contribution in [0.3, 0.4) is 0 Å². The molecular formula is C29H43BrN2O7. The number of hydrogen-bond donors (Lipinski definition) is 3. The van der Waals surface area contributed by atoms with Gasteiger partial charge in [-0.1, -0.05) is 40.7 Å². The molecule has 0 bridgehead atoms. The van der Waals surface area contributed by atoms with E-state index in [9.17, 15) is 19.5 Å². The molecule has 3 N–H and O–H groups in total. The molecule has 0 saturated carbocycles. The second-order valence-corrected chi connectivity index (χ2v) is 11.6. The first-order valence-corrected chi connectivity index (χ1v) is 13.8. The fourth-order valence-corrected chi connectivity index (χ4v) is 4.08. The molecule has 0 aliphatic rings. The van der Waals surface area contributed by atoms with Crippen molar-refractivity contribution >= 4 is 45.4 Å². The predicted octanol–water partition coefficient (Wildman–Crippen LogP) is 5.17. The zero-order valence-electron chi connectivity index (χ0n) is 23.9. The minimum atomic E-state index is -0.375. The number of phenols is 1. The molecule has 0 fully saturated rings. The van der Waals surface area contributed by atoms with Gasteiger partial charge < -0.3 is 20.5 Å². The SMILES string of the molecule is COCCNC(=O)/C(Br)=C\C(=O)CCCCC(=O)Nc1cc(C[C@H](C)CC(C)C(C)(C)C)ccc1O.O=C=O. The van der Waals surface area contributed by atoms with Crippen LogP contribution in [0.4, 0.5) is 5.69 Å². The quantitative estimate of drug-likeness (QED) is 0.141. The normalized spacial score (nSPS) is 12.8. The molecular weight excluding hydrogens is 568 g/mol. The molecule has 39 heavy (non-hydrogen) atoms. The number of amides is 2. The van der Waals surface area contributed by atoms with Gasteiger partial charge >= 0.3 is 6.15 Å². The maximum absolute atomic E-state index is 12.4. The van der Waals surface area contributed by atoms with Crippen LogP contribution in [-0.2, 0) is 35.1 Å². The van der Waals surface area contributed by atoms with Gasteiger partial charge in [-0.05, 0) is 76.6 Å². The third-order valence-corrected chi connectivity index (χ3v) is 6.92. The lowest BCUT2D eigenvalue weighted by atomic mass is 9.76. The van der Waals surface area contributed by atoms with Crippen LogP contribution in [0.2, 0.25) is 0 Å². The monoisotopic (exact) mass is 610 g/mol. The van der Waals surface area contributed by atoms with Crippen molar-refractivity contribution in [3.63, 3.8) is 0 Å². The highest BCUT2D eigenvalue weighted by Crippen LogP contribution is 2.32. The lowest BCUT2D eigenvalue weighted by Gasteiger charge is -2.29. The van der Waals surface area contributed by atoms with Crippen LogP contribution in [0.1, 0.15) is 72.3 Å². The Kier molecular flexibility index (Phi) is 17.9. The van der Waals surface area contributed by atoms with Crippen molar-refractivity contribution in [2.75, 3.05) is 25.6 Å². The summed E-state index contributed by atoms with van der Waals surface area (Å²) in [5.41, 5.74) is 1.75. The molecule has 1 unspecified atom stereocenters. The number of unbranched alkanes of at least 4 members (excludes halogenated alkanes) is 1. The van der Waals surface area contributed by atoms with Crippen LogP contribution in [0.5, 0.6) is 5.75 Å². The predicted molar refractivity (Wildman–Crippen MR) is 153 cm³/mol. The molecule has 9 nitrogen and oxygen atoms in total. The van der Waals surface area contributed by atoms with Crippen molar-refractivity contribution in [3.05, 3.63) is 34.3 Å². The maximum atomic E-state index is 12.4. The molecule has 0 heterocycles. The van der Waals surface area contributed by atoms with E-state index in [1.54, 1.807) is 6.07 Å². The van der Waals surface area contributed by atoms with Crippen molar-refractivity contribution in [3.8, 4) is 5.75 Å². The largest absolute Gasteiger partial charge is 0.506 e. The van der Waals surface area contributed by atoms with Crippen molar-refractivity contribution in [2.45, 2.75) is 73.1 Å². The molecule has 2 amide bonds. The first kappa shape index (κ1) is 36.2. The molecule has 0 radical (unpaired) electrons. The topological polar surface area (TPSA) is 139 Å². The molecule has 0 spiro atoms. The molecule has 0 saturated heterocycles. The summed E-state index contributed by atoms with van der Waals surface area (Å²) in [7, 11) is 1.54. The Balaban J connectivity index is 0.00000458. The van der Waals surface area contributed by atoms with Gasteiger partial charge in [-0.3, -0.25) is 14.4 Å². The van der Waals surface area contributed by atoms with Crippen molar-refractivity contribution in [2.24, 2.45) is 17.3 Å². The second kappa shape index (κ2) is 19.3. The first-order chi connectivity index (χ1) is 18.2. The number of ether oxygens (including phenoxy) is 1. The second-order valence-electron chi connectivity index (χ2n) is 10.7. The number of anilines is 1.